The zero-order valence-electron chi connectivity index (χ0n) is 17.9. The van der Waals surface area contributed by atoms with E-state index in [0.717, 1.165) is 23.1 Å². The number of hydrogen-bond acceptors (Lipinski definition) is 7. The van der Waals surface area contributed by atoms with E-state index in [0.29, 0.717) is 6.20 Å². The first-order valence-corrected chi connectivity index (χ1v) is 10.6. The van der Waals surface area contributed by atoms with E-state index in [1.54, 1.807) is 0 Å². The van der Waals surface area contributed by atoms with Crippen LogP contribution in [0.2, 0.25) is 0 Å². The van der Waals surface area contributed by atoms with Crippen molar-refractivity contribution in [3.8, 4) is 17.3 Å². The smallest absolute Gasteiger partial charge is 0.417 e. The Bertz CT molecular complexity index is 1250. The minimum atomic E-state index is -4.56. The van der Waals surface area contributed by atoms with E-state index >= 15 is 0 Å². The number of benzene rings is 1. The van der Waals surface area contributed by atoms with E-state index in [2.05, 4.69) is 15.0 Å². The summed E-state index contributed by atoms with van der Waals surface area (Å²) in [5.74, 6) is -5.13. The number of hydrogen-bond donors (Lipinski definition) is 2. The summed E-state index contributed by atoms with van der Waals surface area (Å²) in [4.78, 5) is 26.0. The quantitative estimate of drug-likeness (QED) is 0.428. The molecular formula is C23H18F4N4O4. The van der Waals surface area contributed by atoms with Crippen molar-refractivity contribution in [3.05, 3.63) is 71.9 Å². The van der Waals surface area contributed by atoms with Gasteiger partial charge in [-0.15, -0.1) is 0 Å². The minimum absolute atomic E-state index is 0.0541. The van der Waals surface area contributed by atoms with Crippen molar-refractivity contribution < 1.29 is 37.3 Å². The number of piperidine rings is 1. The summed E-state index contributed by atoms with van der Waals surface area (Å²) in [6.45, 7) is 0. The van der Waals surface area contributed by atoms with Gasteiger partial charge in [0.05, 0.1) is 22.7 Å². The van der Waals surface area contributed by atoms with Crippen LogP contribution in [0.4, 0.5) is 17.6 Å². The molecule has 1 aliphatic heterocycles. The third kappa shape index (κ3) is 3.98. The zero-order valence-corrected chi connectivity index (χ0v) is 17.9. The number of carbonyl (C=O) groups excluding carboxylic acids is 1. The molecule has 1 aliphatic carbocycles. The predicted molar refractivity (Wildman–Crippen MR) is 111 cm³/mol. The van der Waals surface area contributed by atoms with Crippen LogP contribution in [0.5, 0.6) is 5.88 Å². The third-order valence-electron chi connectivity index (χ3n) is 6.29. The number of ether oxygens (including phenoxy) is 1. The Kier molecular flexibility index (Phi) is 5.44. The highest BCUT2D eigenvalue weighted by atomic mass is 19.4. The zero-order chi connectivity index (χ0) is 25.0. The fraction of sp³-hybridized carbons (Fsp3) is 0.304. The van der Waals surface area contributed by atoms with Crippen molar-refractivity contribution in [2.75, 3.05) is 0 Å². The average molecular weight is 490 g/mol. The summed E-state index contributed by atoms with van der Waals surface area (Å²) >= 11 is 0. The highest BCUT2D eigenvalue weighted by molar-refractivity contribution is 6.01. The fourth-order valence-corrected chi connectivity index (χ4v) is 4.69. The SMILES string of the molecule is O=C(c1cccc(F)c1-c1ncccn1)N1C2CC(CC2Oc2ccc(C(F)(F)F)cn2)C1(O)O. The van der Waals surface area contributed by atoms with Crippen molar-refractivity contribution in [2.24, 2.45) is 5.92 Å². The molecule has 12 heteroatoms. The Morgan fingerprint density at radius 3 is 2.43 bits per heavy atom. The van der Waals surface area contributed by atoms with Gasteiger partial charge in [-0.05, 0) is 37.1 Å². The number of amides is 1. The largest absolute Gasteiger partial charge is 0.472 e. The molecule has 3 heterocycles. The molecule has 2 bridgehead atoms. The van der Waals surface area contributed by atoms with Gasteiger partial charge in [-0.3, -0.25) is 9.69 Å². The number of fused-ring (bicyclic) bond motifs is 2. The van der Waals surface area contributed by atoms with Crippen molar-refractivity contribution in [3.63, 3.8) is 0 Å². The second-order valence-electron chi connectivity index (χ2n) is 8.37. The lowest BCUT2D eigenvalue weighted by molar-refractivity contribution is -0.275. The molecule has 1 saturated heterocycles. The van der Waals surface area contributed by atoms with Crippen LogP contribution in [-0.4, -0.2) is 54.0 Å². The van der Waals surface area contributed by atoms with Gasteiger partial charge in [-0.2, -0.15) is 13.2 Å². The highest BCUT2D eigenvalue weighted by Crippen LogP contribution is 2.49. The molecule has 5 rings (SSSR count). The number of aromatic nitrogens is 3. The van der Waals surface area contributed by atoms with E-state index in [1.165, 1.54) is 30.6 Å². The number of pyridine rings is 1. The van der Waals surface area contributed by atoms with Crippen LogP contribution in [0.1, 0.15) is 28.8 Å². The Labute approximate surface area is 195 Å². The van der Waals surface area contributed by atoms with Gasteiger partial charge in [0, 0.05) is 30.6 Å². The summed E-state index contributed by atoms with van der Waals surface area (Å²) in [5, 5.41) is 21.5. The first kappa shape index (κ1) is 23.1. The standard InChI is InChI=1S/C23H18F4N4O4/c24-15-4-1-3-14(19(15)20-28-7-2-8-29-20)21(32)31-16-9-13(23(31,33)34)10-17(16)35-18-6-5-12(11-30-18)22(25,26)27/h1-8,11,13,16-17,33-34H,9-10H2. The summed E-state index contributed by atoms with van der Waals surface area (Å²) in [7, 11) is 0. The fourth-order valence-electron chi connectivity index (χ4n) is 4.69. The first-order chi connectivity index (χ1) is 16.6. The maximum absolute atomic E-state index is 14.8. The van der Waals surface area contributed by atoms with Gasteiger partial charge in [0.1, 0.15) is 11.9 Å². The molecular weight excluding hydrogens is 472 g/mol. The number of carbonyl (C=O) groups is 1. The van der Waals surface area contributed by atoms with Gasteiger partial charge in [0.15, 0.2) is 5.82 Å². The van der Waals surface area contributed by atoms with Crippen LogP contribution < -0.4 is 4.74 Å². The van der Waals surface area contributed by atoms with Crippen LogP contribution in [0, 0.1) is 11.7 Å². The normalized spacial score (nSPS) is 22.9. The maximum Gasteiger partial charge on any atom is 0.417 e. The summed E-state index contributed by atoms with van der Waals surface area (Å²) < 4.78 is 58.9. The van der Waals surface area contributed by atoms with Gasteiger partial charge in [-0.25, -0.2) is 19.3 Å². The van der Waals surface area contributed by atoms with Gasteiger partial charge in [-0.1, -0.05) is 6.07 Å². The Hall–Kier alpha value is -3.64. The van der Waals surface area contributed by atoms with Crippen molar-refractivity contribution in [1.29, 1.82) is 0 Å². The third-order valence-corrected chi connectivity index (χ3v) is 6.29. The molecule has 2 aliphatic rings. The molecule has 8 nitrogen and oxygen atoms in total. The van der Waals surface area contributed by atoms with Gasteiger partial charge >= 0.3 is 6.18 Å². The topological polar surface area (TPSA) is 109 Å². The van der Waals surface area contributed by atoms with E-state index in [9.17, 15) is 32.6 Å². The number of halogens is 4. The Morgan fingerprint density at radius 2 is 1.80 bits per heavy atom. The van der Waals surface area contributed by atoms with Gasteiger partial charge in [0.25, 0.3) is 11.8 Å². The van der Waals surface area contributed by atoms with Crippen LogP contribution in [-0.2, 0) is 6.18 Å². The van der Waals surface area contributed by atoms with Crippen LogP contribution in [0.15, 0.2) is 55.0 Å². The first-order valence-electron chi connectivity index (χ1n) is 10.6. The molecule has 1 saturated carbocycles. The van der Waals surface area contributed by atoms with E-state index in [-0.39, 0.29) is 35.7 Å². The number of rotatable bonds is 4. The van der Waals surface area contributed by atoms with Crippen molar-refractivity contribution >= 4 is 5.91 Å². The Morgan fingerprint density at radius 1 is 1.06 bits per heavy atom. The second kappa shape index (κ2) is 8.24. The minimum Gasteiger partial charge on any atom is -0.472 e. The summed E-state index contributed by atoms with van der Waals surface area (Å²) in [6, 6.07) is 6.32. The lowest BCUT2D eigenvalue weighted by atomic mass is 9.99. The molecule has 2 aromatic heterocycles. The van der Waals surface area contributed by atoms with Gasteiger partial charge < -0.3 is 14.9 Å². The van der Waals surface area contributed by atoms with Crippen molar-refractivity contribution in [1.82, 2.24) is 19.9 Å². The molecule has 2 fully saturated rings. The second-order valence-corrected chi connectivity index (χ2v) is 8.37. The Balaban J connectivity index is 1.45. The van der Waals surface area contributed by atoms with E-state index in [1.807, 2.05) is 0 Å². The maximum atomic E-state index is 14.8. The lowest BCUT2D eigenvalue weighted by Crippen LogP contribution is -2.60. The molecule has 2 N–H and O–H groups in total. The molecule has 3 aromatic rings. The molecule has 1 aromatic carbocycles. The molecule has 182 valence electrons. The van der Waals surface area contributed by atoms with E-state index < -0.39 is 47.4 Å². The van der Waals surface area contributed by atoms with Gasteiger partial charge in [0.2, 0.25) is 5.88 Å². The van der Waals surface area contributed by atoms with Crippen LogP contribution in [0.25, 0.3) is 11.4 Å². The number of nitrogens with zero attached hydrogens (tertiary/aromatic N) is 4. The lowest BCUT2D eigenvalue weighted by Gasteiger charge is -2.41. The summed E-state index contributed by atoms with van der Waals surface area (Å²) in [5.41, 5.74) is -1.32. The number of aliphatic hydroxyl groups is 2. The predicted octanol–water partition coefficient (Wildman–Crippen LogP) is 3.02. The molecule has 35 heavy (non-hydrogen) atoms. The molecule has 1 amide bonds. The summed E-state index contributed by atoms with van der Waals surface area (Å²) in [6.07, 6.45) is -1.65. The average Bonchev–Trinajstić information content (AvgIpc) is 3.33. The molecule has 3 atom stereocenters. The van der Waals surface area contributed by atoms with Crippen LogP contribution >= 0.6 is 0 Å². The molecule has 3 unspecified atom stereocenters. The highest BCUT2D eigenvalue weighted by Gasteiger charge is 2.62. The molecule has 0 spiro atoms. The van der Waals surface area contributed by atoms with Crippen LogP contribution in [0.3, 0.4) is 0 Å². The number of likely N-dealkylation sites (tertiary alicyclic amines) is 1. The van der Waals surface area contributed by atoms with Crippen molar-refractivity contribution in [2.45, 2.75) is 37.1 Å². The van der Waals surface area contributed by atoms with E-state index in [4.69, 9.17) is 4.74 Å². The molecule has 0 radical (unpaired) electrons. The number of alkyl halides is 3. The monoisotopic (exact) mass is 490 g/mol.